The lowest BCUT2D eigenvalue weighted by molar-refractivity contribution is -0.108. The predicted octanol–water partition coefficient (Wildman–Crippen LogP) is 4.49. The molecule has 2 heterocycles. The topological polar surface area (TPSA) is 113 Å². The molecule has 2 unspecified atom stereocenters. The first-order chi connectivity index (χ1) is 20.0. The number of halogens is 2. The van der Waals surface area contributed by atoms with Gasteiger partial charge in [0.25, 0.3) is 0 Å². The Labute approximate surface area is 244 Å². The summed E-state index contributed by atoms with van der Waals surface area (Å²) in [6, 6.07) is -1.17. The van der Waals surface area contributed by atoms with E-state index in [0.29, 0.717) is 24.2 Å². The van der Waals surface area contributed by atoms with Gasteiger partial charge in [0, 0.05) is 31.1 Å². The lowest BCUT2D eigenvalue weighted by Crippen LogP contribution is -2.43. The lowest BCUT2D eigenvalue weighted by atomic mass is 10.0. The number of urea groups is 1. The van der Waals surface area contributed by atoms with Crippen molar-refractivity contribution >= 4 is 18.4 Å². The number of nitrogens with zero attached hydrogens (tertiary/aromatic N) is 4. The van der Waals surface area contributed by atoms with Crippen molar-refractivity contribution < 1.29 is 23.5 Å². The highest BCUT2D eigenvalue weighted by Gasteiger charge is 2.34. The molecule has 0 aromatic rings. The van der Waals surface area contributed by atoms with E-state index in [1.807, 2.05) is 31.0 Å². The fourth-order valence-corrected chi connectivity index (χ4v) is 4.35. The zero-order chi connectivity index (χ0) is 31.0. The van der Waals surface area contributed by atoms with Crippen LogP contribution in [0.4, 0.5) is 13.6 Å². The van der Waals surface area contributed by atoms with Crippen LogP contribution in [0.25, 0.3) is 0 Å². The fraction of sp³-hybridized carbons (Fsp3) is 0.300. The Morgan fingerprint density at radius 1 is 1.26 bits per heavy atom. The number of aliphatic hydroxyl groups excluding tert-OH is 1. The van der Waals surface area contributed by atoms with Crippen molar-refractivity contribution in [1.82, 2.24) is 30.7 Å². The number of likely N-dealkylation sites (N-methyl/N-ethyl adjacent to an activating group) is 2. The maximum atomic E-state index is 15.3. The Kier molecular flexibility index (Phi) is 10.8. The molecule has 0 saturated heterocycles. The molecule has 3 amide bonds. The molecule has 10 nitrogen and oxygen atoms in total. The Morgan fingerprint density at radius 2 is 2.00 bits per heavy atom. The SMILES string of the molecule is C=C1C=C(N/C(=N/C(=O)N(CC(/C=C(\C)CC)=C(F)/C=C(\C)F)C2=CN(C)C3C=CC=CN23)NC=O)C(O)=CC1NC. The number of aliphatic imine (C=N–C) groups is 1. The summed E-state index contributed by atoms with van der Waals surface area (Å²) in [4.78, 5) is 34.3. The molecule has 2 atom stereocenters. The molecule has 0 fully saturated rings. The summed E-state index contributed by atoms with van der Waals surface area (Å²) in [6.07, 6.45) is 15.1. The number of hydrogen-bond donors (Lipinski definition) is 4. The van der Waals surface area contributed by atoms with Gasteiger partial charge in [0.1, 0.15) is 23.6 Å². The number of allylic oxidation sites excluding steroid dienone is 6. The Bertz CT molecular complexity index is 1380. The highest BCUT2D eigenvalue weighted by molar-refractivity contribution is 5.98. The summed E-state index contributed by atoms with van der Waals surface area (Å²) in [7, 11) is 3.53. The van der Waals surface area contributed by atoms with E-state index in [1.165, 1.54) is 11.0 Å². The molecule has 1 aliphatic carbocycles. The van der Waals surface area contributed by atoms with Crippen molar-refractivity contribution in [3.63, 3.8) is 0 Å². The van der Waals surface area contributed by atoms with Crippen LogP contribution in [-0.2, 0) is 4.79 Å². The van der Waals surface area contributed by atoms with E-state index in [9.17, 15) is 19.1 Å². The van der Waals surface area contributed by atoms with Gasteiger partial charge in [-0.05, 0) is 57.2 Å². The van der Waals surface area contributed by atoms with Crippen LogP contribution in [0.2, 0.25) is 0 Å². The average Bonchev–Trinajstić information content (AvgIpc) is 3.28. The molecule has 0 radical (unpaired) electrons. The van der Waals surface area contributed by atoms with Crippen LogP contribution in [0.1, 0.15) is 27.2 Å². The molecular formula is C30H37F2N7O3. The minimum Gasteiger partial charge on any atom is -0.506 e. The van der Waals surface area contributed by atoms with Gasteiger partial charge in [-0.2, -0.15) is 4.99 Å². The van der Waals surface area contributed by atoms with Gasteiger partial charge in [-0.1, -0.05) is 31.2 Å². The van der Waals surface area contributed by atoms with Gasteiger partial charge >= 0.3 is 6.03 Å². The largest absolute Gasteiger partial charge is 0.506 e. The van der Waals surface area contributed by atoms with Crippen molar-refractivity contribution in [1.29, 1.82) is 0 Å². The van der Waals surface area contributed by atoms with Crippen LogP contribution in [0.15, 0.2) is 112 Å². The van der Waals surface area contributed by atoms with E-state index in [1.54, 1.807) is 49.5 Å². The van der Waals surface area contributed by atoms with Crippen molar-refractivity contribution in [2.24, 2.45) is 4.99 Å². The molecule has 0 aromatic heterocycles. The van der Waals surface area contributed by atoms with Gasteiger partial charge in [0.2, 0.25) is 12.4 Å². The Morgan fingerprint density at radius 3 is 2.64 bits per heavy atom. The van der Waals surface area contributed by atoms with Gasteiger partial charge in [-0.3, -0.25) is 15.0 Å². The van der Waals surface area contributed by atoms with E-state index >= 15 is 4.39 Å². The van der Waals surface area contributed by atoms with E-state index in [0.717, 1.165) is 18.6 Å². The van der Waals surface area contributed by atoms with Gasteiger partial charge in [-0.25, -0.2) is 13.6 Å². The minimum absolute atomic E-state index is 0.0567. The molecule has 0 bridgehead atoms. The highest BCUT2D eigenvalue weighted by Crippen LogP contribution is 2.30. The summed E-state index contributed by atoms with van der Waals surface area (Å²) in [6.45, 7) is 8.47. The molecule has 0 aromatic carbocycles. The number of nitrogens with one attached hydrogen (secondary N) is 3. The predicted molar refractivity (Wildman–Crippen MR) is 159 cm³/mol. The quantitative estimate of drug-likeness (QED) is 0.137. The smallest absolute Gasteiger partial charge is 0.352 e. The van der Waals surface area contributed by atoms with Crippen LogP contribution in [-0.4, -0.2) is 71.1 Å². The van der Waals surface area contributed by atoms with Crippen LogP contribution in [0.5, 0.6) is 0 Å². The number of fused-ring (bicyclic) bond motifs is 1. The number of rotatable bonds is 9. The second-order valence-corrected chi connectivity index (χ2v) is 9.82. The highest BCUT2D eigenvalue weighted by atomic mass is 19.1. The van der Waals surface area contributed by atoms with E-state index in [4.69, 9.17) is 0 Å². The van der Waals surface area contributed by atoms with Crippen molar-refractivity contribution in [3.8, 4) is 0 Å². The molecule has 0 spiro atoms. The van der Waals surface area contributed by atoms with E-state index in [-0.39, 0.29) is 41.7 Å². The van der Waals surface area contributed by atoms with Crippen LogP contribution < -0.4 is 16.0 Å². The molecular weight excluding hydrogens is 544 g/mol. The van der Waals surface area contributed by atoms with Gasteiger partial charge in [-0.15, -0.1) is 0 Å². The molecule has 0 saturated carbocycles. The van der Waals surface area contributed by atoms with Crippen molar-refractivity contribution in [3.05, 3.63) is 107 Å². The molecule has 3 aliphatic rings. The number of guanidine groups is 1. The van der Waals surface area contributed by atoms with Gasteiger partial charge < -0.3 is 25.5 Å². The molecule has 3 rings (SSSR count). The van der Waals surface area contributed by atoms with Crippen molar-refractivity contribution in [2.75, 3.05) is 20.6 Å². The first-order valence-electron chi connectivity index (χ1n) is 13.3. The fourth-order valence-electron chi connectivity index (χ4n) is 4.35. The maximum absolute atomic E-state index is 15.3. The van der Waals surface area contributed by atoms with Crippen LogP contribution in [0, 0.1) is 0 Å². The van der Waals surface area contributed by atoms with Crippen LogP contribution >= 0.6 is 0 Å². The number of carbonyl (C=O) groups excluding carboxylic acids is 2. The Hall–Kier alpha value is -4.71. The number of aliphatic hydroxyl groups is 1. The second kappa shape index (κ2) is 14.3. The maximum Gasteiger partial charge on any atom is 0.352 e. The number of carbonyl (C=O) groups is 2. The summed E-state index contributed by atoms with van der Waals surface area (Å²) < 4.78 is 29.0. The third-order valence-corrected chi connectivity index (χ3v) is 6.67. The van der Waals surface area contributed by atoms with E-state index in [2.05, 4.69) is 27.5 Å². The first-order valence-corrected chi connectivity index (χ1v) is 13.3. The second-order valence-electron chi connectivity index (χ2n) is 9.82. The zero-order valence-electron chi connectivity index (χ0n) is 24.4. The van der Waals surface area contributed by atoms with Gasteiger partial charge in [0.15, 0.2) is 0 Å². The third-order valence-electron chi connectivity index (χ3n) is 6.67. The van der Waals surface area contributed by atoms with Gasteiger partial charge in [0.05, 0.1) is 24.1 Å². The summed E-state index contributed by atoms with van der Waals surface area (Å²) in [5, 5.41) is 18.6. The van der Waals surface area contributed by atoms with Crippen LogP contribution in [0.3, 0.4) is 0 Å². The molecule has 42 heavy (non-hydrogen) atoms. The summed E-state index contributed by atoms with van der Waals surface area (Å²) in [5.41, 5.74) is 1.64. The Balaban J connectivity index is 2.08. The number of amides is 3. The van der Waals surface area contributed by atoms with Crippen molar-refractivity contribution in [2.45, 2.75) is 39.4 Å². The monoisotopic (exact) mass is 581 g/mol. The molecule has 2 aliphatic heterocycles. The summed E-state index contributed by atoms with van der Waals surface area (Å²) >= 11 is 0. The molecule has 224 valence electrons. The normalized spacial score (nSPS) is 21.4. The first kappa shape index (κ1) is 31.8. The average molecular weight is 582 g/mol. The molecule has 12 heteroatoms. The van der Waals surface area contributed by atoms with E-state index < -0.39 is 17.7 Å². The molecule has 4 N–H and O–H groups in total. The summed E-state index contributed by atoms with van der Waals surface area (Å²) in [5.74, 6) is -1.64. The zero-order valence-corrected chi connectivity index (χ0v) is 24.4. The standard InChI is InChI=1S/C30H37F2N7O3/c1-7-19(2)12-22(23(32)14-21(4)31)16-39(28-17-37(6)27-10-8-9-11-38(27)28)30(42)36-29(34-18-40)35-25-13-20(3)24(33-5)15-26(25)41/h8-15,17-18,24,27,33,41H,3,7,16H2,1-2,4-6H3,(H2,34,35,36,40,42)/b19-12+,21-14+,23-22-. The number of hydrogen-bond acceptors (Lipinski definition) is 6. The minimum atomic E-state index is -0.865. The lowest BCUT2D eigenvalue weighted by Gasteiger charge is -2.33. The third kappa shape index (κ3) is 7.72.